The molecule has 1 aliphatic carbocycles. The predicted molar refractivity (Wildman–Crippen MR) is 79.6 cm³/mol. The van der Waals surface area contributed by atoms with Gasteiger partial charge in [-0.3, -0.25) is 0 Å². The molecule has 2 aliphatic rings. The summed E-state index contributed by atoms with van der Waals surface area (Å²) in [5.41, 5.74) is 2.73. The Morgan fingerprint density at radius 2 is 1.80 bits per heavy atom. The van der Waals surface area contributed by atoms with Crippen molar-refractivity contribution in [3.05, 3.63) is 41.3 Å². The number of carbonyl (C=O) groups excluding carboxylic acids is 1. The molecule has 106 valence electrons. The molecule has 1 heterocycles. The van der Waals surface area contributed by atoms with Crippen molar-refractivity contribution < 1.29 is 9.53 Å². The Morgan fingerprint density at radius 1 is 1.10 bits per heavy atom. The van der Waals surface area contributed by atoms with E-state index in [0.29, 0.717) is 5.56 Å². The maximum Gasteiger partial charge on any atom is 0.345 e. The van der Waals surface area contributed by atoms with Crippen LogP contribution in [0.5, 0.6) is 0 Å². The monoisotopic (exact) mass is 271 g/mol. The molecule has 0 radical (unpaired) electrons. The van der Waals surface area contributed by atoms with Gasteiger partial charge in [0.15, 0.2) is 0 Å². The van der Waals surface area contributed by atoms with Crippen LogP contribution in [-0.2, 0) is 4.74 Å². The first-order valence-electron chi connectivity index (χ1n) is 7.32. The Hall–Kier alpha value is -1.77. The van der Waals surface area contributed by atoms with E-state index in [1.54, 1.807) is 0 Å². The molecule has 0 aromatic heterocycles. The lowest BCUT2D eigenvalue weighted by Gasteiger charge is -2.40. The number of fused-ring (bicyclic) bond motifs is 1. The Kier molecular flexibility index (Phi) is 3.08. The van der Waals surface area contributed by atoms with E-state index in [1.165, 1.54) is 5.70 Å². The number of hydrogen-bond donors (Lipinski definition) is 0. The van der Waals surface area contributed by atoms with Gasteiger partial charge in [-0.2, -0.15) is 0 Å². The fraction of sp³-hybridized carbons (Fsp3) is 0.471. The average Bonchev–Trinajstić information content (AvgIpc) is 2.52. The summed E-state index contributed by atoms with van der Waals surface area (Å²) in [4.78, 5) is 14.6. The van der Waals surface area contributed by atoms with Crippen LogP contribution in [0.3, 0.4) is 0 Å². The van der Waals surface area contributed by atoms with Gasteiger partial charge in [0.2, 0.25) is 0 Å². The lowest BCUT2D eigenvalue weighted by atomic mass is 9.95. The fourth-order valence-corrected chi connectivity index (χ4v) is 3.13. The first kappa shape index (κ1) is 13.2. The second kappa shape index (κ2) is 4.65. The highest BCUT2D eigenvalue weighted by molar-refractivity contribution is 5.98. The van der Waals surface area contributed by atoms with Gasteiger partial charge < -0.3 is 9.64 Å². The van der Waals surface area contributed by atoms with Crippen molar-refractivity contribution in [2.24, 2.45) is 0 Å². The van der Waals surface area contributed by atoms with Crippen LogP contribution < -0.4 is 4.90 Å². The molecule has 3 nitrogen and oxygen atoms in total. The fourth-order valence-electron chi connectivity index (χ4n) is 3.13. The van der Waals surface area contributed by atoms with Crippen LogP contribution in [0.1, 0.15) is 56.8 Å². The van der Waals surface area contributed by atoms with E-state index in [4.69, 9.17) is 4.74 Å². The van der Waals surface area contributed by atoms with E-state index in [0.717, 1.165) is 37.1 Å². The number of rotatable bonds is 0. The zero-order valence-electron chi connectivity index (χ0n) is 12.4. The molecule has 0 N–H and O–H groups in total. The molecular formula is C17H21NO2. The lowest BCUT2D eigenvalue weighted by Crippen LogP contribution is -2.42. The normalized spacial score (nSPS) is 19.1. The topological polar surface area (TPSA) is 29.5 Å². The van der Waals surface area contributed by atoms with E-state index in [-0.39, 0.29) is 11.5 Å². The van der Waals surface area contributed by atoms with Gasteiger partial charge in [0.1, 0.15) is 5.76 Å². The SMILES string of the molecule is CC(C)(C)N1C2=C(CCCC2)OC(=O)c2ccccc21. The molecule has 3 rings (SSSR count). The Bertz CT molecular complexity index is 581. The maximum absolute atomic E-state index is 12.3. The third-order valence-corrected chi connectivity index (χ3v) is 3.91. The van der Waals surface area contributed by atoms with Crippen LogP contribution in [0.15, 0.2) is 35.7 Å². The first-order valence-corrected chi connectivity index (χ1v) is 7.32. The molecule has 0 unspecified atom stereocenters. The number of carbonyl (C=O) groups is 1. The Balaban J connectivity index is 2.23. The summed E-state index contributed by atoms with van der Waals surface area (Å²) in [6.45, 7) is 6.54. The van der Waals surface area contributed by atoms with Crippen molar-refractivity contribution in [3.8, 4) is 0 Å². The van der Waals surface area contributed by atoms with Gasteiger partial charge in [-0.15, -0.1) is 0 Å². The van der Waals surface area contributed by atoms with Gasteiger partial charge in [0.25, 0.3) is 0 Å². The summed E-state index contributed by atoms with van der Waals surface area (Å²) >= 11 is 0. The molecule has 0 spiro atoms. The largest absolute Gasteiger partial charge is 0.426 e. The number of ether oxygens (including phenoxy) is 1. The summed E-state index contributed by atoms with van der Waals surface area (Å²) in [6.07, 6.45) is 4.10. The minimum atomic E-state index is -0.221. The summed E-state index contributed by atoms with van der Waals surface area (Å²) in [7, 11) is 0. The van der Waals surface area contributed by atoms with E-state index in [2.05, 4.69) is 25.7 Å². The second-order valence-electron chi connectivity index (χ2n) is 6.49. The number of para-hydroxylation sites is 1. The zero-order valence-corrected chi connectivity index (χ0v) is 12.4. The van der Waals surface area contributed by atoms with Crippen molar-refractivity contribution in [1.82, 2.24) is 0 Å². The minimum absolute atomic E-state index is 0.0813. The predicted octanol–water partition coefficient (Wildman–Crippen LogP) is 4.25. The van der Waals surface area contributed by atoms with E-state index >= 15 is 0 Å². The molecule has 0 saturated carbocycles. The van der Waals surface area contributed by atoms with Crippen molar-refractivity contribution >= 4 is 11.7 Å². The molecule has 0 atom stereocenters. The number of allylic oxidation sites excluding steroid dienone is 2. The summed E-state index contributed by atoms with van der Waals surface area (Å²) in [5, 5.41) is 0. The maximum atomic E-state index is 12.3. The van der Waals surface area contributed by atoms with Crippen LogP contribution in [-0.4, -0.2) is 11.5 Å². The number of hydrogen-bond acceptors (Lipinski definition) is 3. The van der Waals surface area contributed by atoms with Gasteiger partial charge in [0.05, 0.1) is 16.9 Å². The van der Waals surface area contributed by atoms with Crippen molar-refractivity contribution in [3.63, 3.8) is 0 Å². The van der Waals surface area contributed by atoms with Crippen molar-refractivity contribution in [2.45, 2.75) is 52.0 Å². The average molecular weight is 271 g/mol. The van der Waals surface area contributed by atoms with Crippen LogP contribution in [0.25, 0.3) is 0 Å². The third-order valence-electron chi connectivity index (χ3n) is 3.91. The second-order valence-corrected chi connectivity index (χ2v) is 6.49. The van der Waals surface area contributed by atoms with E-state index in [1.807, 2.05) is 24.3 Å². The molecule has 1 aromatic rings. The van der Waals surface area contributed by atoms with E-state index < -0.39 is 0 Å². The van der Waals surface area contributed by atoms with Gasteiger partial charge in [-0.05, 0) is 52.2 Å². The van der Waals surface area contributed by atoms with Crippen molar-refractivity contribution in [1.29, 1.82) is 0 Å². The van der Waals surface area contributed by atoms with Gasteiger partial charge >= 0.3 is 5.97 Å². The van der Waals surface area contributed by atoms with Gasteiger partial charge in [-0.25, -0.2) is 4.79 Å². The quantitative estimate of drug-likeness (QED) is 0.661. The number of esters is 1. The van der Waals surface area contributed by atoms with Crippen molar-refractivity contribution in [2.75, 3.05) is 4.90 Å². The highest BCUT2D eigenvalue weighted by Gasteiger charge is 2.35. The standard InChI is InChI=1S/C17H21NO2/c1-17(2,3)18-13-9-5-4-8-12(13)16(19)20-15-11-7-6-10-14(15)18/h4-5,8-9H,6-7,10-11H2,1-3H3. The van der Waals surface area contributed by atoms with Gasteiger partial charge in [-0.1, -0.05) is 12.1 Å². The summed E-state index contributed by atoms with van der Waals surface area (Å²) < 4.78 is 5.67. The molecule has 0 bridgehead atoms. The van der Waals surface area contributed by atoms with Gasteiger partial charge in [0, 0.05) is 12.0 Å². The highest BCUT2D eigenvalue weighted by Crippen LogP contribution is 2.40. The Morgan fingerprint density at radius 3 is 2.55 bits per heavy atom. The van der Waals surface area contributed by atoms with Crippen LogP contribution in [0, 0.1) is 0 Å². The third kappa shape index (κ3) is 2.11. The lowest BCUT2D eigenvalue weighted by molar-refractivity contribution is 0.0608. The molecule has 0 amide bonds. The minimum Gasteiger partial charge on any atom is -0.426 e. The number of anilines is 1. The molecule has 1 aromatic carbocycles. The van der Waals surface area contributed by atoms with Crippen LogP contribution in [0.2, 0.25) is 0 Å². The highest BCUT2D eigenvalue weighted by atomic mass is 16.5. The molecule has 0 saturated heterocycles. The first-order chi connectivity index (χ1) is 9.48. The zero-order chi connectivity index (χ0) is 14.3. The number of nitrogens with zero attached hydrogens (tertiary/aromatic N) is 1. The molecular weight excluding hydrogens is 250 g/mol. The number of benzene rings is 1. The molecule has 3 heteroatoms. The molecule has 0 fully saturated rings. The van der Waals surface area contributed by atoms with Crippen LogP contribution in [0.4, 0.5) is 5.69 Å². The summed E-state index contributed by atoms with van der Waals surface area (Å²) in [6, 6.07) is 7.76. The molecule has 1 aliphatic heterocycles. The van der Waals surface area contributed by atoms with E-state index in [9.17, 15) is 4.79 Å². The van der Waals surface area contributed by atoms with Crippen LogP contribution >= 0.6 is 0 Å². The smallest absolute Gasteiger partial charge is 0.345 e. The Labute approximate surface area is 120 Å². The molecule has 20 heavy (non-hydrogen) atoms. The summed E-state index contributed by atoms with van der Waals surface area (Å²) in [5.74, 6) is 0.647.